The van der Waals surface area contributed by atoms with Crippen LogP contribution in [-0.2, 0) is 9.53 Å². The van der Waals surface area contributed by atoms with Crippen LogP contribution in [0.5, 0.6) is 0 Å². The molecular weight excluding hydrogens is 396 g/mol. The van der Waals surface area contributed by atoms with Crippen molar-refractivity contribution in [2.24, 2.45) is 5.41 Å². The highest BCUT2D eigenvalue weighted by Gasteiger charge is 2.46. The van der Waals surface area contributed by atoms with E-state index in [-0.39, 0.29) is 11.5 Å². The highest BCUT2D eigenvalue weighted by atomic mass is 16.6. The number of anilines is 1. The Bertz CT molecular complexity index is 1000. The van der Waals surface area contributed by atoms with Crippen molar-refractivity contribution in [2.45, 2.75) is 52.1 Å². The summed E-state index contributed by atoms with van der Waals surface area (Å²) in [6, 6.07) is 5.59. The second-order valence-electron chi connectivity index (χ2n) is 9.86. The van der Waals surface area contributed by atoms with E-state index in [0.717, 1.165) is 48.2 Å². The molecular formula is C23H30N4O4. The van der Waals surface area contributed by atoms with Crippen molar-refractivity contribution in [1.82, 2.24) is 14.9 Å². The highest BCUT2D eigenvalue weighted by molar-refractivity contribution is 5.91. The fourth-order valence-electron chi connectivity index (χ4n) is 4.44. The number of aromatic nitrogens is 2. The lowest BCUT2D eigenvalue weighted by atomic mass is 9.72. The number of carbonyl (C=O) groups excluding carboxylic acids is 1. The summed E-state index contributed by atoms with van der Waals surface area (Å²) in [6.07, 6.45) is 3.20. The molecule has 2 aliphatic rings. The third-order valence-electron chi connectivity index (χ3n) is 6.34. The van der Waals surface area contributed by atoms with E-state index in [1.54, 1.807) is 18.2 Å². The topological polar surface area (TPSA) is 95.9 Å². The molecule has 1 spiro atoms. The van der Waals surface area contributed by atoms with Gasteiger partial charge in [0.05, 0.1) is 11.4 Å². The molecule has 4 rings (SSSR count). The zero-order chi connectivity index (χ0) is 22.4. The fourth-order valence-corrected chi connectivity index (χ4v) is 4.44. The summed E-state index contributed by atoms with van der Waals surface area (Å²) in [7, 11) is 0. The molecule has 2 aromatic rings. The Morgan fingerprint density at radius 3 is 2.45 bits per heavy atom. The molecule has 2 fully saturated rings. The molecule has 2 aliphatic heterocycles. The smallest absolute Gasteiger partial charge is 0.410 e. The van der Waals surface area contributed by atoms with Gasteiger partial charge in [-0.2, -0.15) is 0 Å². The molecule has 1 atom stereocenters. The number of hydrogen-bond acceptors (Lipinski definition) is 6. The standard InChI is InChI=1S/C23H30N4O4/c1-15(20(28)29)16-5-6-18-17(11-16)19(25-14-24-18)27-12-23(13-27)7-9-26(10-8-23)21(30)31-22(2,3)4/h5-6,11,14-15H,7-10,12-13H2,1-4H3,(H,28,29). The predicted molar refractivity (Wildman–Crippen MR) is 117 cm³/mol. The minimum atomic E-state index is -0.850. The van der Waals surface area contributed by atoms with Crippen molar-refractivity contribution in [1.29, 1.82) is 0 Å². The van der Waals surface area contributed by atoms with E-state index in [4.69, 9.17) is 4.74 Å². The van der Waals surface area contributed by atoms with Crippen LogP contribution in [0.4, 0.5) is 10.6 Å². The van der Waals surface area contributed by atoms with Gasteiger partial charge in [-0.3, -0.25) is 4.79 Å². The zero-order valence-electron chi connectivity index (χ0n) is 18.6. The number of aliphatic carboxylic acids is 1. The molecule has 3 heterocycles. The van der Waals surface area contributed by atoms with Gasteiger partial charge in [-0.25, -0.2) is 14.8 Å². The Balaban J connectivity index is 1.45. The van der Waals surface area contributed by atoms with Crippen LogP contribution in [0.15, 0.2) is 24.5 Å². The van der Waals surface area contributed by atoms with Crippen LogP contribution < -0.4 is 4.90 Å². The van der Waals surface area contributed by atoms with Crippen LogP contribution in [0.3, 0.4) is 0 Å². The third-order valence-corrected chi connectivity index (χ3v) is 6.34. The average Bonchev–Trinajstić information content (AvgIpc) is 2.69. The summed E-state index contributed by atoms with van der Waals surface area (Å²) < 4.78 is 5.50. The summed E-state index contributed by atoms with van der Waals surface area (Å²) in [5, 5.41) is 10.2. The number of carboxylic acids is 1. The molecule has 2 saturated heterocycles. The van der Waals surface area contributed by atoms with E-state index in [0.29, 0.717) is 13.1 Å². The molecule has 0 saturated carbocycles. The van der Waals surface area contributed by atoms with Crippen LogP contribution in [0.2, 0.25) is 0 Å². The number of benzene rings is 1. The van der Waals surface area contributed by atoms with Crippen molar-refractivity contribution in [2.75, 3.05) is 31.1 Å². The van der Waals surface area contributed by atoms with Gasteiger partial charge < -0.3 is 19.6 Å². The highest BCUT2D eigenvalue weighted by Crippen LogP contribution is 2.43. The zero-order valence-corrected chi connectivity index (χ0v) is 18.6. The van der Waals surface area contributed by atoms with Crippen LogP contribution >= 0.6 is 0 Å². The van der Waals surface area contributed by atoms with Gasteiger partial charge in [0.15, 0.2) is 0 Å². The van der Waals surface area contributed by atoms with Crippen molar-refractivity contribution < 1.29 is 19.4 Å². The van der Waals surface area contributed by atoms with Gasteiger partial charge in [-0.15, -0.1) is 0 Å². The van der Waals surface area contributed by atoms with Gasteiger partial charge in [0.25, 0.3) is 0 Å². The lowest BCUT2D eigenvalue weighted by Gasteiger charge is -2.54. The summed E-state index contributed by atoms with van der Waals surface area (Å²) in [4.78, 5) is 36.6. The largest absolute Gasteiger partial charge is 0.481 e. The monoisotopic (exact) mass is 426 g/mol. The molecule has 1 aromatic heterocycles. The summed E-state index contributed by atoms with van der Waals surface area (Å²) in [6.45, 7) is 10.5. The Labute approximate surface area is 182 Å². The van der Waals surface area contributed by atoms with Gasteiger partial charge in [-0.05, 0) is 58.2 Å². The first kappa shape index (κ1) is 21.3. The lowest BCUT2D eigenvalue weighted by molar-refractivity contribution is -0.138. The predicted octanol–water partition coefficient (Wildman–Crippen LogP) is 3.66. The summed E-state index contributed by atoms with van der Waals surface area (Å²) in [5.74, 6) is -0.584. The van der Waals surface area contributed by atoms with E-state index in [1.807, 2.05) is 39.0 Å². The molecule has 1 aromatic carbocycles. The molecule has 0 radical (unpaired) electrons. The lowest BCUT2D eigenvalue weighted by Crippen LogP contribution is -2.61. The first-order valence-electron chi connectivity index (χ1n) is 10.8. The number of likely N-dealkylation sites (tertiary alicyclic amines) is 1. The maximum absolute atomic E-state index is 12.3. The molecule has 0 aliphatic carbocycles. The minimum absolute atomic E-state index is 0.182. The second kappa shape index (κ2) is 7.66. The van der Waals surface area contributed by atoms with Crippen LogP contribution in [0, 0.1) is 5.41 Å². The number of hydrogen-bond donors (Lipinski definition) is 1. The minimum Gasteiger partial charge on any atom is -0.481 e. The molecule has 1 unspecified atom stereocenters. The molecule has 31 heavy (non-hydrogen) atoms. The molecule has 8 heteroatoms. The van der Waals surface area contributed by atoms with Crippen LogP contribution in [0.1, 0.15) is 52.0 Å². The maximum Gasteiger partial charge on any atom is 0.410 e. The SMILES string of the molecule is CC(C(=O)O)c1ccc2ncnc(N3CC4(CCN(C(=O)OC(C)(C)C)CC4)C3)c2c1. The molecule has 1 amide bonds. The number of amides is 1. The number of rotatable bonds is 3. The number of fused-ring (bicyclic) bond motifs is 1. The van der Waals surface area contributed by atoms with Crippen LogP contribution in [0.25, 0.3) is 10.9 Å². The number of carbonyl (C=O) groups is 2. The van der Waals surface area contributed by atoms with Crippen LogP contribution in [-0.4, -0.2) is 63.8 Å². The molecule has 1 N–H and O–H groups in total. The first-order chi connectivity index (χ1) is 14.6. The average molecular weight is 427 g/mol. The maximum atomic E-state index is 12.3. The van der Waals surface area contributed by atoms with E-state index in [2.05, 4.69) is 14.9 Å². The Hall–Kier alpha value is -2.90. The second-order valence-corrected chi connectivity index (χ2v) is 9.86. The summed E-state index contributed by atoms with van der Waals surface area (Å²) >= 11 is 0. The quantitative estimate of drug-likeness (QED) is 0.800. The molecule has 166 valence electrons. The van der Waals surface area contributed by atoms with E-state index < -0.39 is 17.5 Å². The van der Waals surface area contributed by atoms with Crippen molar-refractivity contribution in [3.8, 4) is 0 Å². The van der Waals surface area contributed by atoms with Crippen molar-refractivity contribution in [3.63, 3.8) is 0 Å². The van der Waals surface area contributed by atoms with Crippen molar-refractivity contribution >= 4 is 28.8 Å². The Morgan fingerprint density at radius 1 is 1.16 bits per heavy atom. The number of nitrogens with zero attached hydrogens (tertiary/aromatic N) is 4. The van der Waals surface area contributed by atoms with E-state index >= 15 is 0 Å². The molecule has 0 bridgehead atoms. The van der Waals surface area contributed by atoms with Gasteiger partial charge in [-0.1, -0.05) is 6.07 Å². The Kier molecular flexibility index (Phi) is 5.27. The fraction of sp³-hybridized carbons (Fsp3) is 0.565. The van der Waals surface area contributed by atoms with Gasteiger partial charge in [0.1, 0.15) is 17.7 Å². The van der Waals surface area contributed by atoms with Gasteiger partial charge >= 0.3 is 12.1 Å². The van der Waals surface area contributed by atoms with Gasteiger partial charge in [0.2, 0.25) is 0 Å². The molecule has 8 nitrogen and oxygen atoms in total. The van der Waals surface area contributed by atoms with Gasteiger partial charge in [0, 0.05) is 37.0 Å². The number of ether oxygens (including phenoxy) is 1. The number of piperidine rings is 1. The number of carboxylic acid groups (broad SMARTS) is 1. The van der Waals surface area contributed by atoms with E-state index in [1.165, 1.54) is 0 Å². The Morgan fingerprint density at radius 2 is 1.84 bits per heavy atom. The van der Waals surface area contributed by atoms with Crippen molar-refractivity contribution in [3.05, 3.63) is 30.1 Å². The third kappa shape index (κ3) is 4.29. The van der Waals surface area contributed by atoms with E-state index in [9.17, 15) is 14.7 Å². The normalized spacial score (nSPS) is 19.2. The first-order valence-corrected chi connectivity index (χ1v) is 10.8. The summed E-state index contributed by atoms with van der Waals surface area (Å²) in [5.41, 5.74) is 1.26.